The maximum Gasteiger partial charge on any atom is 0.133 e. The van der Waals surface area contributed by atoms with E-state index in [9.17, 15) is 15.0 Å². The van der Waals surface area contributed by atoms with Gasteiger partial charge in [-0.25, -0.2) is 0 Å². The van der Waals surface area contributed by atoms with Gasteiger partial charge in [0, 0.05) is 12.8 Å². The first-order valence-corrected chi connectivity index (χ1v) is 13.0. The third kappa shape index (κ3) is 3.51. The van der Waals surface area contributed by atoms with Gasteiger partial charge in [-0.1, -0.05) is 53.9 Å². The van der Waals surface area contributed by atoms with Crippen LogP contribution in [0.4, 0.5) is 0 Å². The van der Waals surface area contributed by atoms with Crippen LogP contribution in [0.5, 0.6) is 0 Å². The number of aliphatic hydroxyl groups is 2. The highest BCUT2D eigenvalue weighted by atomic mass is 16.3. The van der Waals surface area contributed by atoms with Crippen molar-refractivity contribution in [2.75, 3.05) is 0 Å². The third-order valence-electron chi connectivity index (χ3n) is 10.8. The molecule has 4 aliphatic carbocycles. The third-order valence-corrected chi connectivity index (χ3v) is 10.8. The molecule has 10 atom stereocenters. The minimum absolute atomic E-state index is 0.0624. The standard InChI is InChI=1S/C27H46O3/c1-16(2)7-6-8-17(3)20-9-10-21-25-22(15-24(30)27(20,21)5)26(4)12-11-19(28)13-18(26)14-23(25)29/h16-18,20-25,29-30H,6-15H2,1-5H3/t17?,18-,20?,21?,22?,23?,24+,25?,26?,27?/m1/s1. The van der Waals surface area contributed by atoms with Crippen LogP contribution in [0.2, 0.25) is 0 Å². The molecule has 0 radical (unpaired) electrons. The summed E-state index contributed by atoms with van der Waals surface area (Å²) in [7, 11) is 0. The van der Waals surface area contributed by atoms with Crippen LogP contribution in [0.15, 0.2) is 0 Å². The van der Waals surface area contributed by atoms with Crippen LogP contribution in [-0.4, -0.2) is 28.2 Å². The lowest BCUT2D eigenvalue weighted by molar-refractivity contribution is -0.201. The van der Waals surface area contributed by atoms with E-state index in [1.54, 1.807) is 0 Å². The van der Waals surface area contributed by atoms with Crippen molar-refractivity contribution in [2.45, 2.75) is 111 Å². The monoisotopic (exact) mass is 418 g/mol. The van der Waals surface area contributed by atoms with Gasteiger partial charge >= 0.3 is 0 Å². The second-order valence-corrected chi connectivity index (χ2v) is 12.6. The fourth-order valence-corrected chi connectivity index (χ4v) is 8.99. The summed E-state index contributed by atoms with van der Waals surface area (Å²) in [5, 5.41) is 22.9. The number of rotatable bonds is 5. The molecule has 0 spiro atoms. The number of carbonyl (C=O) groups excluding carboxylic acids is 1. The summed E-state index contributed by atoms with van der Waals surface area (Å²) >= 11 is 0. The molecule has 4 fully saturated rings. The van der Waals surface area contributed by atoms with E-state index in [0.29, 0.717) is 54.1 Å². The summed E-state index contributed by atoms with van der Waals surface area (Å²) in [6.45, 7) is 11.8. The van der Waals surface area contributed by atoms with Gasteiger partial charge in [-0.05, 0) is 84.4 Å². The van der Waals surface area contributed by atoms with E-state index in [2.05, 4.69) is 34.6 Å². The summed E-state index contributed by atoms with van der Waals surface area (Å²) in [5.41, 5.74) is 0.0498. The molecule has 0 aromatic carbocycles. The van der Waals surface area contributed by atoms with Crippen molar-refractivity contribution in [3.05, 3.63) is 0 Å². The van der Waals surface area contributed by atoms with Crippen molar-refractivity contribution in [1.82, 2.24) is 0 Å². The normalized spacial score (nSPS) is 49.5. The quantitative estimate of drug-likeness (QED) is 0.609. The number of hydrogen-bond acceptors (Lipinski definition) is 3. The van der Waals surface area contributed by atoms with E-state index in [-0.39, 0.29) is 23.0 Å². The molecule has 3 heteroatoms. The SMILES string of the molecule is CC(C)CCCC(C)C1CCC2C3C(O)C[C@H]4CC(=O)CCC4(C)C3C[C@H](O)C12C. The Morgan fingerprint density at radius 3 is 2.47 bits per heavy atom. The summed E-state index contributed by atoms with van der Waals surface area (Å²) in [5.74, 6) is 3.74. The molecule has 4 rings (SSSR count). The fourth-order valence-electron chi connectivity index (χ4n) is 8.99. The van der Waals surface area contributed by atoms with Crippen LogP contribution in [0.3, 0.4) is 0 Å². The van der Waals surface area contributed by atoms with Crippen LogP contribution in [0, 0.1) is 52.3 Å². The van der Waals surface area contributed by atoms with E-state index < -0.39 is 0 Å². The topological polar surface area (TPSA) is 57.5 Å². The van der Waals surface area contributed by atoms with Gasteiger partial charge in [-0.15, -0.1) is 0 Å². The summed E-state index contributed by atoms with van der Waals surface area (Å²) in [6.07, 6.45) is 9.54. The molecule has 0 aromatic rings. The zero-order chi connectivity index (χ0) is 21.8. The van der Waals surface area contributed by atoms with E-state index in [4.69, 9.17) is 0 Å². The van der Waals surface area contributed by atoms with Gasteiger partial charge in [0.15, 0.2) is 0 Å². The molecule has 0 saturated heterocycles. The Morgan fingerprint density at radius 2 is 1.77 bits per heavy atom. The van der Waals surface area contributed by atoms with Crippen molar-refractivity contribution in [1.29, 1.82) is 0 Å². The first kappa shape index (κ1) is 22.8. The maximum atomic E-state index is 12.1. The second kappa shape index (κ2) is 8.18. The number of hydrogen-bond donors (Lipinski definition) is 2. The molecule has 4 saturated carbocycles. The molecule has 30 heavy (non-hydrogen) atoms. The number of Topliss-reactive ketones (excluding diaryl/α,β-unsaturated/α-hetero) is 1. The highest BCUT2D eigenvalue weighted by Crippen LogP contribution is 2.68. The fraction of sp³-hybridized carbons (Fsp3) is 0.963. The summed E-state index contributed by atoms with van der Waals surface area (Å²) in [6, 6.07) is 0. The largest absolute Gasteiger partial charge is 0.393 e. The summed E-state index contributed by atoms with van der Waals surface area (Å²) in [4.78, 5) is 12.1. The van der Waals surface area contributed by atoms with Crippen molar-refractivity contribution in [3.8, 4) is 0 Å². The molecule has 172 valence electrons. The van der Waals surface area contributed by atoms with Gasteiger partial charge in [0.25, 0.3) is 0 Å². The van der Waals surface area contributed by atoms with Crippen LogP contribution in [0.25, 0.3) is 0 Å². The van der Waals surface area contributed by atoms with Crippen LogP contribution in [-0.2, 0) is 4.79 Å². The first-order chi connectivity index (χ1) is 14.1. The Labute approximate surface area is 184 Å². The minimum atomic E-state index is -0.300. The van der Waals surface area contributed by atoms with E-state index >= 15 is 0 Å². The Balaban J connectivity index is 1.56. The van der Waals surface area contributed by atoms with Crippen LogP contribution >= 0.6 is 0 Å². The van der Waals surface area contributed by atoms with Crippen LogP contribution < -0.4 is 0 Å². The maximum absolute atomic E-state index is 12.1. The lowest BCUT2D eigenvalue weighted by Crippen LogP contribution is -2.62. The lowest BCUT2D eigenvalue weighted by atomic mass is 9.43. The van der Waals surface area contributed by atoms with Crippen molar-refractivity contribution in [3.63, 3.8) is 0 Å². The predicted molar refractivity (Wildman–Crippen MR) is 121 cm³/mol. The highest BCUT2D eigenvalue weighted by molar-refractivity contribution is 5.79. The molecule has 0 amide bonds. The Bertz CT molecular complexity index is 644. The van der Waals surface area contributed by atoms with Crippen molar-refractivity contribution >= 4 is 5.78 Å². The molecular formula is C27H46O3. The lowest BCUT2D eigenvalue weighted by Gasteiger charge is -2.63. The van der Waals surface area contributed by atoms with Gasteiger partial charge in [0.05, 0.1) is 12.2 Å². The first-order valence-electron chi connectivity index (χ1n) is 13.0. The number of aliphatic hydroxyl groups excluding tert-OH is 2. The molecule has 0 aromatic heterocycles. The van der Waals surface area contributed by atoms with Crippen molar-refractivity contribution in [2.24, 2.45) is 52.3 Å². The summed E-state index contributed by atoms with van der Waals surface area (Å²) < 4.78 is 0. The van der Waals surface area contributed by atoms with Gasteiger partial charge in [-0.3, -0.25) is 4.79 Å². The molecule has 3 nitrogen and oxygen atoms in total. The van der Waals surface area contributed by atoms with E-state index in [0.717, 1.165) is 31.6 Å². The highest BCUT2D eigenvalue weighted by Gasteiger charge is 2.65. The minimum Gasteiger partial charge on any atom is -0.393 e. The zero-order valence-corrected chi connectivity index (χ0v) is 20.1. The van der Waals surface area contributed by atoms with Crippen molar-refractivity contribution < 1.29 is 15.0 Å². The molecule has 0 aliphatic heterocycles. The zero-order valence-electron chi connectivity index (χ0n) is 20.1. The van der Waals surface area contributed by atoms with Crippen LogP contribution in [0.1, 0.15) is 98.8 Å². The number of carbonyl (C=O) groups is 1. The second-order valence-electron chi connectivity index (χ2n) is 12.6. The van der Waals surface area contributed by atoms with Gasteiger partial charge < -0.3 is 10.2 Å². The Morgan fingerprint density at radius 1 is 1.03 bits per heavy atom. The molecule has 0 bridgehead atoms. The number of ketones is 1. The van der Waals surface area contributed by atoms with Gasteiger partial charge in [-0.2, -0.15) is 0 Å². The molecule has 0 heterocycles. The van der Waals surface area contributed by atoms with Gasteiger partial charge in [0.1, 0.15) is 5.78 Å². The molecule has 2 N–H and O–H groups in total. The average Bonchev–Trinajstić information content (AvgIpc) is 3.02. The smallest absolute Gasteiger partial charge is 0.133 e. The van der Waals surface area contributed by atoms with E-state index in [1.165, 1.54) is 25.7 Å². The molecule has 4 aliphatic rings. The van der Waals surface area contributed by atoms with Gasteiger partial charge in [0.2, 0.25) is 0 Å². The predicted octanol–water partition coefficient (Wildman–Crippen LogP) is 5.62. The average molecular weight is 419 g/mol. The van der Waals surface area contributed by atoms with E-state index in [1.807, 2.05) is 0 Å². The Hall–Kier alpha value is -0.410. The molecule has 8 unspecified atom stereocenters. The Kier molecular flexibility index (Phi) is 6.21. The number of fused-ring (bicyclic) bond motifs is 5. The molecular weight excluding hydrogens is 372 g/mol.